The lowest BCUT2D eigenvalue weighted by Gasteiger charge is -2.13. The number of hydrogen-bond acceptors (Lipinski definition) is 2. The molecule has 0 aliphatic rings. The molecule has 0 bridgehead atoms. The Hall–Kier alpha value is -0.940. The highest BCUT2D eigenvalue weighted by molar-refractivity contribution is 6.33. The van der Waals surface area contributed by atoms with Crippen molar-refractivity contribution in [1.29, 1.82) is 0 Å². The first-order valence-corrected chi connectivity index (χ1v) is 5.26. The number of alkyl halides is 4. The number of ketones is 1. The van der Waals surface area contributed by atoms with Gasteiger partial charge in [-0.2, -0.15) is 13.2 Å². The predicted molar refractivity (Wildman–Crippen MR) is 58.1 cm³/mol. The van der Waals surface area contributed by atoms with Crippen molar-refractivity contribution in [1.82, 2.24) is 0 Å². The van der Waals surface area contributed by atoms with Crippen molar-refractivity contribution in [3.05, 3.63) is 28.3 Å². The van der Waals surface area contributed by atoms with Crippen LogP contribution in [-0.2, 0) is 6.18 Å². The summed E-state index contributed by atoms with van der Waals surface area (Å²) in [5, 5.41) is -0.527. The lowest BCUT2D eigenvalue weighted by Crippen LogP contribution is -2.10. The highest BCUT2D eigenvalue weighted by Crippen LogP contribution is 2.38. The number of halogens is 5. The van der Waals surface area contributed by atoms with Crippen LogP contribution < -0.4 is 4.74 Å². The van der Waals surface area contributed by atoms with E-state index < -0.39 is 28.4 Å². The highest BCUT2D eigenvalue weighted by atomic mass is 35.5. The van der Waals surface area contributed by atoms with Crippen molar-refractivity contribution in [3.63, 3.8) is 0 Å². The molecule has 0 unspecified atom stereocenters. The van der Waals surface area contributed by atoms with Crippen molar-refractivity contribution >= 4 is 29.0 Å². The zero-order valence-electron chi connectivity index (χ0n) is 8.57. The fourth-order valence-electron chi connectivity index (χ4n) is 1.23. The topological polar surface area (TPSA) is 26.3 Å². The minimum atomic E-state index is -4.63. The van der Waals surface area contributed by atoms with Crippen LogP contribution in [-0.4, -0.2) is 18.8 Å². The van der Waals surface area contributed by atoms with Crippen LogP contribution in [0, 0.1) is 0 Å². The summed E-state index contributed by atoms with van der Waals surface area (Å²) < 4.78 is 42.5. The molecule has 0 saturated carbocycles. The van der Waals surface area contributed by atoms with E-state index in [4.69, 9.17) is 27.9 Å². The maximum Gasteiger partial charge on any atom is 0.417 e. The Morgan fingerprint density at radius 2 is 2.00 bits per heavy atom. The van der Waals surface area contributed by atoms with Crippen LogP contribution in [0.1, 0.15) is 15.9 Å². The maximum atomic E-state index is 12.6. The zero-order chi connectivity index (χ0) is 13.2. The van der Waals surface area contributed by atoms with Crippen LogP contribution >= 0.6 is 23.2 Å². The van der Waals surface area contributed by atoms with Gasteiger partial charge in [0.05, 0.1) is 29.1 Å². The van der Waals surface area contributed by atoms with Crippen molar-refractivity contribution in [3.8, 4) is 5.75 Å². The summed E-state index contributed by atoms with van der Waals surface area (Å²) in [5.41, 5.74) is -1.33. The fraction of sp³-hybridized carbons (Fsp3) is 0.300. The zero-order valence-corrected chi connectivity index (χ0v) is 10.1. The first-order valence-electron chi connectivity index (χ1n) is 4.35. The quantitative estimate of drug-likeness (QED) is 0.624. The number of hydrogen-bond donors (Lipinski definition) is 0. The number of benzene rings is 1. The lowest BCUT2D eigenvalue weighted by molar-refractivity contribution is -0.137. The van der Waals surface area contributed by atoms with Gasteiger partial charge in [-0.25, -0.2) is 0 Å². The molecule has 0 fully saturated rings. The first-order chi connectivity index (χ1) is 7.81. The van der Waals surface area contributed by atoms with Gasteiger partial charge in [-0.1, -0.05) is 11.6 Å². The summed E-state index contributed by atoms with van der Waals surface area (Å²) in [6.45, 7) is 0. The molecule has 0 saturated heterocycles. The number of Topliss-reactive ketones (excluding diaryl/α,β-unsaturated/α-hetero) is 1. The van der Waals surface area contributed by atoms with Gasteiger partial charge >= 0.3 is 6.18 Å². The number of rotatable bonds is 3. The molecule has 0 amide bonds. The molecule has 17 heavy (non-hydrogen) atoms. The molecule has 0 spiro atoms. The Balaban J connectivity index is 3.43. The SMILES string of the molecule is COc1cc(Cl)c(C(F)(F)F)cc1C(=O)CCl. The van der Waals surface area contributed by atoms with Gasteiger partial charge in [-0.05, 0) is 6.07 Å². The Kier molecular flexibility index (Phi) is 4.27. The second-order valence-corrected chi connectivity index (χ2v) is 3.76. The number of methoxy groups -OCH3 is 1. The van der Waals surface area contributed by atoms with Gasteiger partial charge in [0, 0.05) is 6.07 Å². The molecule has 0 atom stereocenters. The van der Waals surface area contributed by atoms with Gasteiger partial charge in [0.2, 0.25) is 0 Å². The average Bonchev–Trinajstić information content (AvgIpc) is 2.25. The predicted octanol–water partition coefficient (Wildman–Crippen LogP) is 3.79. The monoisotopic (exact) mass is 286 g/mol. The van der Waals surface area contributed by atoms with Crippen LogP contribution in [0.15, 0.2) is 12.1 Å². The normalized spacial score (nSPS) is 11.4. The van der Waals surface area contributed by atoms with Crippen LogP contribution in [0.4, 0.5) is 13.2 Å². The standard InChI is InChI=1S/C10H7Cl2F3O2/c1-17-9-3-7(12)6(10(13,14)15)2-5(9)8(16)4-11/h2-3H,4H2,1H3. The Labute approximate surface area is 105 Å². The molecule has 0 heterocycles. The van der Waals surface area contributed by atoms with Crippen LogP contribution in [0.3, 0.4) is 0 Å². The van der Waals surface area contributed by atoms with Gasteiger partial charge < -0.3 is 4.74 Å². The smallest absolute Gasteiger partial charge is 0.417 e. The third-order valence-electron chi connectivity index (χ3n) is 2.02. The fourth-order valence-corrected chi connectivity index (χ4v) is 1.64. The van der Waals surface area contributed by atoms with E-state index in [9.17, 15) is 18.0 Å². The van der Waals surface area contributed by atoms with Crippen LogP contribution in [0.25, 0.3) is 0 Å². The van der Waals surface area contributed by atoms with E-state index in [2.05, 4.69) is 0 Å². The molecule has 2 nitrogen and oxygen atoms in total. The summed E-state index contributed by atoms with van der Waals surface area (Å²) in [5.74, 6) is -1.13. The Bertz CT molecular complexity index is 444. The molecule has 7 heteroatoms. The minimum absolute atomic E-state index is 0.0337. The van der Waals surface area contributed by atoms with E-state index >= 15 is 0 Å². The minimum Gasteiger partial charge on any atom is -0.496 e. The van der Waals surface area contributed by atoms with E-state index in [-0.39, 0.29) is 11.3 Å². The molecule has 0 radical (unpaired) electrons. The third kappa shape index (κ3) is 3.04. The maximum absolute atomic E-state index is 12.6. The van der Waals surface area contributed by atoms with Gasteiger partial charge in [0.15, 0.2) is 5.78 Å². The number of carbonyl (C=O) groups is 1. The molecule has 0 aliphatic carbocycles. The van der Waals surface area contributed by atoms with Crippen molar-refractivity contribution in [2.24, 2.45) is 0 Å². The molecule has 94 valence electrons. The van der Waals surface area contributed by atoms with E-state index in [0.29, 0.717) is 6.07 Å². The summed E-state index contributed by atoms with van der Waals surface area (Å²) >= 11 is 10.8. The molecule has 0 aliphatic heterocycles. The summed E-state index contributed by atoms with van der Waals surface area (Å²) in [7, 11) is 1.23. The Morgan fingerprint density at radius 1 is 1.41 bits per heavy atom. The molecular weight excluding hydrogens is 280 g/mol. The van der Waals surface area contributed by atoms with Gasteiger partial charge in [-0.3, -0.25) is 4.79 Å². The summed E-state index contributed by atoms with van der Waals surface area (Å²) in [6.07, 6.45) is -4.63. The van der Waals surface area contributed by atoms with E-state index in [0.717, 1.165) is 6.07 Å². The van der Waals surface area contributed by atoms with Crippen molar-refractivity contribution < 1.29 is 22.7 Å². The Morgan fingerprint density at radius 3 is 2.41 bits per heavy atom. The molecule has 0 N–H and O–H groups in total. The lowest BCUT2D eigenvalue weighted by atomic mass is 10.1. The van der Waals surface area contributed by atoms with Crippen molar-refractivity contribution in [2.45, 2.75) is 6.18 Å². The van der Waals surface area contributed by atoms with Crippen LogP contribution in [0.2, 0.25) is 5.02 Å². The first kappa shape index (κ1) is 14.1. The van der Waals surface area contributed by atoms with E-state index in [1.54, 1.807) is 0 Å². The van der Waals surface area contributed by atoms with Gasteiger partial charge in [-0.15, -0.1) is 11.6 Å². The van der Waals surface area contributed by atoms with Gasteiger partial charge in [0.25, 0.3) is 0 Å². The average molecular weight is 287 g/mol. The highest BCUT2D eigenvalue weighted by Gasteiger charge is 2.34. The molecule has 1 aromatic carbocycles. The third-order valence-corrected chi connectivity index (χ3v) is 2.57. The van der Waals surface area contributed by atoms with Crippen LogP contribution in [0.5, 0.6) is 5.75 Å². The molecule has 1 aromatic rings. The number of carbonyl (C=O) groups excluding carboxylic acids is 1. The number of ether oxygens (including phenoxy) is 1. The largest absolute Gasteiger partial charge is 0.496 e. The summed E-state index contributed by atoms with van der Waals surface area (Å²) in [6, 6.07) is 1.59. The van der Waals surface area contributed by atoms with E-state index in [1.165, 1.54) is 7.11 Å². The summed E-state index contributed by atoms with van der Waals surface area (Å²) in [4.78, 5) is 11.4. The molecule has 1 rings (SSSR count). The van der Waals surface area contributed by atoms with Crippen molar-refractivity contribution in [2.75, 3.05) is 13.0 Å². The second kappa shape index (κ2) is 5.14. The second-order valence-electron chi connectivity index (χ2n) is 3.09. The van der Waals surface area contributed by atoms with Gasteiger partial charge in [0.1, 0.15) is 5.75 Å². The molecular formula is C10H7Cl2F3O2. The molecule has 0 aromatic heterocycles. The van der Waals surface area contributed by atoms with E-state index in [1.807, 2.05) is 0 Å².